The van der Waals surface area contributed by atoms with Crippen LogP contribution in [0.25, 0.3) is 0 Å². The largest absolute Gasteiger partial charge is 0.352 e. The van der Waals surface area contributed by atoms with Crippen LogP contribution in [0.1, 0.15) is 18.3 Å². The summed E-state index contributed by atoms with van der Waals surface area (Å²) in [5, 5.41) is 3.04. The smallest absolute Gasteiger partial charge is 0.146 e. The zero-order valence-electron chi connectivity index (χ0n) is 14.4. The Bertz CT molecular complexity index is 836. The van der Waals surface area contributed by atoms with Crippen molar-refractivity contribution in [2.24, 2.45) is 0 Å². The van der Waals surface area contributed by atoms with E-state index in [-0.39, 0.29) is 5.82 Å². The van der Waals surface area contributed by atoms with E-state index in [2.05, 4.69) is 39.2 Å². The molecule has 0 spiro atoms. The summed E-state index contributed by atoms with van der Waals surface area (Å²) in [7, 11) is 0. The van der Waals surface area contributed by atoms with Crippen LogP contribution in [0.3, 0.4) is 0 Å². The van der Waals surface area contributed by atoms with Crippen LogP contribution in [0.2, 0.25) is 0 Å². The Morgan fingerprint density at radius 3 is 2.44 bits per heavy atom. The van der Waals surface area contributed by atoms with Crippen LogP contribution in [-0.4, -0.2) is 16.5 Å². The van der Waals surface area contributed by atoms with Crippen LogP contribution in [0.5, 0.6) is 0 Å². The number of para-hydroxylation sites is 1. The van der Waals surface area contributed by atoms with Crippen molar-refractivity contribution in [1.82, 2.24) is 9.97 Å². The Kier molecular flexibility index (Phi) is 5.23. The second-order valence-corrected chi connectivity index (χ2v) is 5.76. The van der Waals surface area contributed by atoms with E-state index in [1.54, 1.807) is 18.2 Å². The third-order valence-electron chi connectivity index (χ3n) is 3.88. The van der Waals surface area contributed by atoms with E-state index in [1.807, 2.05) is 31.2 Å². The molecular weight excluding hydrogens is 315 g/mol. The second kappa shape index (κ2) is 7.75. The monoisotopic (exact) mass is 336 g/mol. The Labute approximate surface area is 147 Å². The van der Waals surface area contributed by atoms with E-state index >= 15 is 0 Å². The van der Waals surface area contributed by atoms with Crippen LogP contribution < -0.4 is 10.2 Å². The first-order chi connectivity index (χ1) is 12.2. The zero-order chi connectivity index (χ0) is 17.6. The first kappa shape index (κ1) is 16.9. The molecular formula is C20H21FN4. The fourth-order valence-corrected chi connectivity index (χ4v) is 2.64. The Hall–Kier alpha value is -2.95. The molecule has 0 saturated carbocycles. The molecule has 1 heterocycles. The minimum absolute atomic E-state index is 0.308. The second-order valence-electron chi connectivity index (χ2n) is 5.76. The number of aromatic nitrogens is 2. The minimum Gasteiger partial charge on any atom is -0.352 e. The normalized spacial score (nSPS) is 10.5. The van der Waals surface area contributed by atoms with E-state index in [0.29, 0.717) is 17.3 Å². The third kappa shape index (κ3) is 4.32. The molecule has 0 aliphatic carbocycles. The average Bonchev–Trinajstić information content (AvgIpc) is 2.62. The SMILES string of the molecule is CCN(Cc1ccccc1)c1cc(Nc2ccccc2F)nc(C)n1. The van der Waals surface area contributed by atoms with E-state index in [1.165, 1.54) is 11.6 Å². The van der Waals surface area contributed by atoms with E-state index in [4.69, 9.17) is 0 Å². The molecule has 4 nitrogen and oxygen atoms in total. The molecule has 0 fully saturated rings. The van der Waals surface area contributed by atoms with Gasteiger partial charge in [0.25, 0.3) is 0 Å². The lowest BCUT2D eigenvalue weighted by Crippen LogP contribution is -2.23. The molecule has 0 amide bonds. The highest BCUT2D eigenvalue weighted by atomic mass is 19.1. The molecule has 128 valence electrons. The molecule has 0 bridgehead atoms. The number of aryl methyl sites for hydroxylation is 1. The molecule has 5 heteroatoms. The number of rotatable bonds is 6. The van der Waals surface area contributed by atoms with Gasteiger partial charge in [-0.25, -0.2) is 14.4 Å². The predicted molar refractivity (Wildman–Crippen MR) is 99.6 cm³/mol. The number of anilines is 3. The number of hydrogen-bond donors (Lipinski definition) is 1. The van der Waals surface area contributed by atoms with Gasteiger partial charge in [0.2, 0.25) is 0 Å². The number of hydrogen-bond acceptors (Lipinski definition) is 4. The van der Waals surface area contributed by atoms with Crippen LogP contribution in [0.4, 0.5) is 21.7 Å². The summed E-state index contributed by atoms with van der Waals surface area (Å²) in [6.07, 6.45) is 0. The average molecular weight is 336 g/mol. The van der Waals surface area contributed by atoms with Crippen LogP contribution >= 0.6 is 0 Å². The van der Waals surface area contributed by atoms with Gasteiger partial charge in [-0.1, -0.05) is 42.5 Å². The van der Waals surface area contributed by atoms with Gasteiger partial charge in [0.15, 0.2) is 0 Å². The Balaban J connectivity index is 1.86. The van der Waals surface area contributed by atoms with Gasteiger partial charge in [-0.05, 0) is 31.5 Å². The molecule has 0 aliphatic rings. The topological polar surface area (TPSA) is 41.0 Å². The van der Waals surface area contributed by atoms with Crippen molar-refractivity contribution in [1.29, 1.82) is 0 Å². The maximum absolute atomic E-state index is 13.9. The molecule has 0 aliphatic heterocycles. The summed E-state index contributed by atoms with van der Waals surface area (Å²) in [6.45, 7) is 5.49. The van der Waals surface area contributed by atoms with Crippen molar-refractivity contribution in [3.63, 3.8) is 0 Å². The van der Waals surface area contributed by atoms with Crippen molar-refractivity contribution in [2.45, 2.75) is 20.4 Å². The predicted octanol–water partition coefficient (Wildman–Crippen LogP) is 4.69. The maximum Gasteiger partial charge on any atom is 0.146 e. The summed E-state index contributed by atoms with van der Waals surface area (Å²) in [6, 6.07) is 18.7. The van der Waals surface area contributed by atoms with Crippen molar-refractivity contribution in [3.05, 3.63) is 77.9 Å². The molecule has 0 unspecified atom stereocenters. The molecule has 0 saturated heterocycles. The van der Waals surface area contributed by atoms with Crippen LogP contribution in [-0.2, 0) is 6.54 Å². The van der Waals surface area contributed by atoms with Crippen molar-refractivity contribution >= 4 is 17.3 Å². The number of nitrogens with one attached hydrogen (secondary N) is 1. The quantitative estimate of drug-likeness (QED) is 0.709. The lowest BCUT2D eigenvalue weighted by molar-refractivity contribution is 0.632. The van der Waals surface area contributed by atoms with Gasteiger partial charge in [-0.15, -0.1) is 0 Å². The molecule has 0 atom stereocenters. The third-order valence-corrected chi connectivity index (χ3v) is 3.88. The van der Waals surface area contributed by atoms with Gasteiger partial charge in [0.05, 0.1) is 5.69 Å². The maximum atomic E-state index is 13.9. The Morgan fingerprint density at radius 2 is 1.72 bits per heavy atom. The summed E-state index contributed by atoms with van der Waals surface area (Å²) >= 11 is 0. The lowest BCUT2D eigenvalue weighted by atomic mass is 10.2. The lowest BCUT2D eigenvalue weighted by Gasteiger charge is -2.23. The zero-order valence-corrected chi connectivity index (χ0v) is 14.4. The van der Waals surface area contributed by atoms with E-state index in [0.717, 1.165) is 18.9 Å². The van der Waals surface area contributed by atoms with Gasteiger partial charge >= 0.3 is 0 Å². The fourth-order valence-electron chi connectivity index (χ4n) is 2.64. The molecule has 3 aromatic rings. The fraction of sp³-hybridized carbons (Fsp3) is 0.200. The van der Waals surface area contributed by atoms with Gasteiger partial charge < -0.3 is 10.2 Å². The summed E-state index contributed by atoms with van der Waals surface area (Å²) < 4.78 is 13.9. The first-order valence-electron chi connectivity index (χ1n) is 8.32. The van der Waals surface area contributed by atoms with Gasteiger partial charge in [0.1, 0.15) is 23.3 Å². The number of nitrogens with zero attached hydrogens (tertiary/aromatic N) is 3. The molecule has 25 heavy (non-hydrogen) atoms. The summed E-state index contributed by atoms with van der Waals surface area (Å²) in [5.41, 5.74) is 1.61. The highest BCUT2D eigenvalue weighted by Gasteiger charge is 2.11. The molecule has 1 aromatic heterocycles. The van der Waals surface area contributed by atoms with E-state index < -0.39 is 0 Å². The summed E-state index contributed by atoms with van der Waals surface area (Å²) in [4.78, 5) is 11.1. The Morgan fingerprint density at radius 1 is 1.00 bits per heavy atom. The molecule has 2 aromatic carbocycles. The molecule has 3 rings (SSSR count). The van der Waals surface area contributed by atoms with Gasteiger partial charge in [0, 0.05) is 19.2 Å². The van der Waals surface area contributed by atoms with Crippen molar-refractivity contribution in [3.8, 4) is 0 Å². The highest BCUT2D eigenvalue weighted by molar-refractivity contribution is 5.60. The standard InChI is InChI=1S/C20H21FN4/c1-3-25(14-16-9-5-4-6-10-16)20-13-19(22-15(2)23-20)24-18-12-8-7-11-17(18)21/h4-13H,3,14H2,1-2H3,(H,22,23,24). The number of halogens is 1. The highest BCUT2D eigenvalue weighted by Crippen LogP contribution is 2.22. The van der Waals surface area contributed by atoms with Crippen molar-refractivity contribution < 1.29 is 4.39 Å². The van der Waals surface area contributed by atoms with Crippen molar-refractivity contribution in [2.75, 3.05) is 16.8 Å². The molecule has 0 radical (unpaired) electrons. The minimum atomic E-state index is -0.308. The molecule has 1 N–H and O–H groups in total. The van der Waals surface area contributed by atoms with E-state index in [9.17, 15) is 4.39 Å². The summed E-state index contributed by atoms with van der Waals surface area (Å²) in [5.74, 6) is 1.73. The van der Waals surface area contributed by atoms with Crippen LogP contribution in [0, 0.1) is 12.7 Å². The van der Waals surface area contributed by atoms with Crippen LogP contribution in [0.15, 0.2) is 60.7 Å². The van der Waals surface area contributed by atoms with Gasteiger partial charge in [-0.3, -0.25) is 0 Å². The number of benzene rings is 2. The van der Waals surface area contributed by atoms with Gasteiger partial charge in [-0.2, -0.15) is 0 Å². The first-order valence-corrected chi connectivity index (χ1v) is 8.32.